The van der Waals surface area contributed by atoms with E-state index in [2.05, 4.69) is 0 Å². The lowest BCUT2D eigenvalue weighted by molar-refractivity contribution is -0.384. The first-order valence-corrected chi connectivity index (χ1v) is 10.8. The summed E-state index contributed by atoms with van der Waals surface area (Å²) in [7, 11) is 3.89. The van der Waals surface area contributed by atoms with Crippen LogP contribution in [0.15, 0.2) is 78.9 Å². The fraction of sp³-hybridized carbons (Fsp3) is 0.200. The third kappa shape index (κ3) is 3.46. The second-order valence-corrected chi connectivity index (χ2v) is 8.43. The molecule has 2 heterocycles. The van der Waals surface area contributed by atoms with Gasteiger partial charge in [0, 0.05) is 31.9 Å². The van der Waals surface area contributed by atoms with Crippen LogP contribution in [0.2, 0.25) is 0 Å². The molecule has 172 valence electrons. The fourth-order valence-corrected chi connectivity index (χ4v) is 4.50. The van der Waals surface area contributed by atoms with Crippen LogP contribution in [0.1, 0.15) is 11.6 Å². The summed E-state index contributed by atoms with van der Waals surface area (Å²) >= 11 is 0. The zero-order valence-corrected chi connectivity index (χ0v) is 18.6. The first-order chi connectivity index (χ1) is 16.4. The largest absolute Gasteiger partial charge is 0.378 e. The maximum absolute atomic E-state index is 13.6. The summed E-state index contributed by atoms with van der Waals surface area (Å²) in [6.07, 6.45) is -0.999. The van der Waals surface area contributed by atoms with E-state index in [0.29, 0.717) is 0 Å². The standard InChI is InChI=1S/C25H22N4O5/c1-26(2)17-10-8-16(9-11-17)22-21-23(34-28(22)19-6-4-3-5-7-19)25(31)27(24(21)30)18-12-14-20(15-13-18)29(32)33/h3-15,21-23H,1-2H3. The molecule has 3 atom stereocenters. The number of amides is 2. The maximum Gasteiger partial charge on any atom is 0.269 e. The second kappa shape index (κ2) is 8.27. The number of benzene rings is 3. The highest BCUT2D eigenvalue weighted by Gasteiger charge is 2.60. The van der Waals surface area contributed by atoms with Gasteiger partial charge in [-0.25, -0.2) is 9.96 Å². The summed E-state index contributed by atoms with van der Waals surface area (Å²) in [4.78, 5) is 46.6. The molecule has 2 amide bonds. The van der Waals surface area contributed by atoms with Crippen molar-refractivity contribution in [1.29, 1.82) is 0 Å². The van der Waals surface area contributed by atoms with E-state index >= 15 is 0 Å². The van der Waals surface area contributed by atoms with Crippen LogP contribution in [0.5, 0.6) is 0 Å². The van der Waals surface area contributed by atoms with Gasteiger partial charge in [0.1, 0.15) is 5.92 Å². The summed E-state index contributed by atoms with van der Waals surface area (Å²) in [5, 5.41) is 12.6. The SMILES string of the molecule is CN(C)c1ccc(C2C3C(=O)N(c4ccc([N+](=O)[O-])cc4)C(=O)C3ON2c2ccccc2)cc1. The van der Waals surface area contributed by atoms with Crippen LogP contribution in [0, 0.1) is 16.0 Å². The highest BCUT2D eigenvalue weighted by atomic mass is 16.7. The number of hydrogen-bond acceptors (Lipinski definition) is 7. The normalized spacial score (nSPS) is 21.6. The minimum atomic E-state index is -0.999. The molecule has 2 aliphatic rings. The number of fused-ring (bicyclic) bond motifs is 1. The van der Waals surface area contributed by atoms with Gasteiger partial charge in [-0.05, 0) is 42.0 Å². The molecule has 0 N–H and O–H groups in total. The Morgan fingerprint density at radius 1 is 0.853 bits per heavy atom. The average molecular weight is 458 g/mol. The molecular weight excluding hydrogens is 436 g/mol. The van der Waals surface area contributed by atoms with Crippen LogP contribution in [-0.4, -0.2) is 36.9 Å². The molecule has 0 saturated carbocycles. The summed E-state index contributed by atoms with van der Waals surface area (Å²) in [6.45, 7) is 0. The summed E-state index contributed by atoms with van der Waals surface area (Å²) in [6, 6.07) is 22.0. The molecule has 3 aromatic carbocycles. The minimum Gasteiger partial charge on any atom is -0.378 e. The number of nitro benzene ring substituents is 1. The van der Waals surface area contributed by atoms with Crippen molar-refractivity contribution in [3.05, 3.63) is 94.5 Å². The number of nitrogens with zero attached hydrogens (tertiary/aromatic N) is 4. The van der Waals surface area contributed by atoms with Crippen molar-refractivity contribution in [2.75, 3.05) is 29.0 Å². The average Bonchev–Trinajstić information content (AvgIpc) is 3.35. The molecule has 0 aliphatic carbocycles. The Hall–Kier alpha value is -4.24. The number of non-ortho nitro benzene ring substituents is 1. The monoisotopic (exact) mass is 458 g/mol. The zero-order chi connectivity index (χ0) is 24.0. The Kier molecular flexibility index (Phi) is 5.25. The smallest absolute Gasteiger partial charge is 0.269 e. The van der Waals surface area contributed by atoms with Crippen molar-refractivity contribution in [3.8, 4) is 0 Å². The molecule has 0 radical (unpaired) electrons. The van der Waals surface area contributed by atoms with E-state index in [0.717, 1.165) is 21.8 Å². The lowest BCUT2D eigenvalue weighted by Gasteiger charge is -2.29. The van der Waals surface area contributed by atoms with Gasteiger partial charge in [0.15, 0.2) is 6.10 Å². The molecule has 9 heteroatoms. The Labute approximate surface area is 195 Å². The van der Waals surface area contributed by atoms with Crippen molar-refractivity contribution in [2.24, 2.45) is 5.92 Å². The minimum absolute atomic E-state index is 0.117. The second-order valence-electron chi connectivity index (χ2n) is 8.43. The van der Waals surface area contributed by atoms with Crippen LogP contribution >= 0.6 is 0 Å². The fourth-order valence-electron chi connectivity index (χ4n) is 4.50. The number of carbonyl (C=O) groups excluding carboxylic acids is 2. The summed E-state index contributed by atoms with van der Waals surface area (Å²) in [5.74, 6) is -1.66. The van der Waals surface area contributed by atoms with Crippen molar-refractivity contribution in [3.63, 3.8) is 0 Å². The van der Waals surface area contributed by atoms with Gasteiger partial charge in [0.05, 0.1) is 22.3 Å². The first kappa shape index (κ1) is 21.6. The van der Waals surface area contributed by atoms with Gasteiger partial charge in [0.2, 0.25) is 5.91 Å². The van der Waals surface area contributed by atoms with Crippen molar-refractivity contribution >= 4 is 34.6 Å². The van der Waals surface area contributed by atoms with E-state index in [1.54, 1.807) is 5.06 Å². The van der Waals surface area contributed by atoms with Crippen molar-refractivity contribution < 1.29 is 19.3 Å². The summed E-state index contributed by atoms with van der Waals surface area (Å²) < 4.78 is 0. The Morgan fingerprint density at radius 2 is 1.50 bits per heavy atom. The lowest BCUT2D eigenvalue weighted by atomic mass is 9.90. The summed E-state index contributed by atoms with van der Waals surface area (Å²) in [5.41, 5.74) is 2.75. The number of hydrogen-bond donors (Lipinski definition) is 0. The topological polar surface area (TPSA) is 96.2 Å². The lowest BCUT2D eigenvalue weighted by Crippen LogP contribution is -2.37. The third-order valence-corrected chi connectivity index (χ3v) is 6.20. The van der Waals surface area contributed by atoms with Gasteiger partial charge < -0.3 is 4.90 Å². The molecule has 3 aromatic rings. The number of hydroxylamine groups is 1. The van der Waals surface area contributed by atoms with Crippen molar-refractivity contribution in [2.45, 2.75) is 12.1 Å². The van der Waals surface area contributed by atoms with Crippen LogP contribution in [-0.2, 0) is 14.4 Å². The van der Waals surface area contributed by atoms with E-state index in [1.165, 1.54) is 24.3 Å². The first-order valence-electron chi connectivity index (χ1n) is 10.8. The van der Waals surface area contributed by atoms with E-state index in [9.17, 15) is 19.7 Å². The van der Waals surface area contributed by atoms with Gasteiger partial charge in [-0.15, -0.1) is 0 Å². The van der Waals surface area contributed by atoms with Crippen LogP contribution in [0.4, 0.5) is 22.7 Å². The number of para-hydroxylation sites is 1. The maximum atomic E-state index is 13.6. The van der Waals surface area contributed by atoms with E-state index in [4.69, 9.17) is 4.84 Å². The molecule has 2 aliphatic heterocycles. The van der Waals surface area contributed by atoms with E-state index < -0.39 is 34.8 Å². The van der Waals surface area contributed by atoms with Gasteiger partial charge in [-0.2, -0.15) is 0 Å². The molecular formula is C25H22N4O5. The number of imide groups is 1. The van der Waals surface area contributed by atoms with Gasteiger partial charge >= 0.3 is 0 Å². The predicted molar refractivity (Wildman–Crippen MR) is 126 cm³/mol. The van der Waals surface area contributed by atoms with Gasteiger partial charge in [-0.3, -0.25) is 24.5 Å². The third-order valence-electron chi connectivity index (χ3n) is 6.20. The molecule has 2 saturated heterocycles. The zero-order valence-electron chi connectivity index (χ0n) is 18.6. The molecule has 0 aromatic heterocycles. The molecule has 3 unspecified atom stereocenters. The molecule has 0 spiro atoms. The Bertz CT molecular complexity index is 1240. The van der Waals surface area contributed by atoms with Gasteiger partial charge in [0.25, 0.3) is 11.6 Å². The van der Waals surface area contributed by atoms with Gasteiger partial charge in [-0.1, -0.05) is 30.3 Å². The highest BCUT2D eigenvalue weighted by molar-refractivity contribution is 6.24. The Morgan fingerprint density at radius 3 is 2.09 bits per heavy atom. The quantitative estimate of drug-likeness (QED) is 0.327. The van der Waals surface area contributed by atoms with E-state index in [1.807, 2.05) is 73.6 Å². The molecule has 34 heavy (non-hydrogen) atoms. The van der Waals surface area contributed by atoms with Crippen LogP contribution in [0.3, 0.4) is 0 Å². The number of rotatable bonds is 5. The Balaban J connectivity index is 1.54. The molecule has 9 nitrogen and oxygen atoms in total. The molecule has 5 rings (SSSR count). The number of carbonyl (C=O) groups is 2. The van der Waals surface area contributed by atoms with Crippen LogP contribution in [0.25, 0.3) is 0 Å². The predicted octanol–water partition coefficient (Wildman–Crippen LogP) is 3.71. The highest BCUT2D eigenvalue weighted by Crippen LogP contribution is 2.47. The number of nitro groups is 1. The molecule has 0 bridgehead atoms. The van der Waals surface area contributed by atoms with Crippen LogP contribution < -0.4 is 14.9 Å². The van der Waals surface area contributed by atoms with E-state index in [-0.39, 0.29) is 11.4 Å². The molecule has 2 fully saturated rings. The number of anilines is 3. The van der Waals surface area contributed by atoms with Crippen molar-refractivity contribution in [1.82, 2.24) is 0 Å².